The van der Waals surface area contributed by atoms with Crippen LogP contribution >= 0.6 is 0 Å². The predicted octanol–water partition coefficient (Wildman–Crippen LogP) is 2.74. The molecular formula is C16H20N2O3. The highest BCUT2D eigenvalue weighted by Crippen LogP contribution is 2.32. The number of urea groups is 1. The van der Waals surface area contributed by atoms with Crippen molar-refractivity contribution in [2.24, 2.45) is 0 Å². The van der Waals surface area contributed by atoms with Gasteiger partial charge in [0, 0.05) is 24.8 Å². The number of aromatic carboxylic acids is 1. The fraction of sp³-hybridized carbons (Fsp3) is 0.500. The van der Waals surface area contributed by atoms with Crippen molar-refractivity contribution in [3.05, 3.63) is 29.3 Å². The monoisotopic (exact) mass is 288 g/mol. The van der Waals surface area contributed by atoms with E-state index in [4.69, 9.17) is 5.11 Å². The Kier molecular flexibility index (Phi) is 3.57. The minimum atomic E-state index is -0.922. The second-order valence-corrected chi connectivity index (χ2v) is 5.70. The largest absolute Gasteiger partial charge is 0.478 e. The van der Waals surface area contributed by atoms with Crippen LogP contribution in [0.15, 0.2) is 18.2 Å². The van der Waals surface area contributed by atoms with E-state index in [0.717, 1.165) is 43.5 Å². The van der Waals surface area contributed by atoms with Crippen molar-refractivity contribution < 1.29 is 14.7 Å². The summed E-state index contributed by atoms with van der Waals surface area (Å²) in [4.78, 5) is 27.5. The number of anilines is 1. The van der Waals surface area contributed by atoms with Crippen molar-refractivity contribution >= 4 is 17.7 Å². The molecule has 1 aromatic rings. The quantitative estimate of drug-likeness (QED) is 0.930. The van der Waals surface area contributed by atoms with E-state index in [1.165, 1.54) is 0 Å². The van der Waals surface area contributed by atoms with Crippen molar-refractivity contribution in [3.8, 4) is 0 Å². The molecule has 0 atom stereocenters. The first-order valence-corrected chi connectivity index (χ1v) is 7.56. The number of carbonyl (C=O) groups is 2. The minimum Gasteiger partial charge on any atom is -0.478 e. The number of carboxylic acid groups (broad SMARTS) is 1. The molecule has 3 rings (SSSR count). The standard InChI is InChI=1S/C16H20N2O3/c1-2-17(13-6-7-13)16(21)18-9-3-4-11-10-12(15(19)20)5-8-14(11)18/h5,8,10,13H,2-4,6-7,9H2,1H3,(H,19,20). The third-order valence-corrected chi connectivity index (χ3v) is 4.25. The number of hydrogen-bond donors (Lipinski definition) is 1. The van der Waals surface area contributed by atoms with Gasteiger partial charge in [0.05, 0.1) is 5.56 Å². The molecule has 112 valence electrons. The van der Waals surface area contributed by atoms with Gasteiger partial charge < -0.3 is 10.0 Å². The van der Waals surface area contributed by atoms with E-state index in [0.29, 0.717) is 12.6 Å². The van der Waals surface area contributed by atoms with E-state index >= 15 is 0 Å². The summed E-state index contributed by atoms with van der Waals surface area (Å²) in [7, 11) is 0. The van der Waals surface area contributed by atoms with Crippen LogP contribution in [0.2, 0.25) is 0 Å². The number of carbonyl (C=O) groups excluding carboxylic acids is 1. The van der Waals surface area contributed by atoms with Gasteiger partial charge in [0.2, 0.25) is 0 Å². The van der Waals surface area contributed by atoms with Crippen LogP contribution in [0.1, 0.15) is 42.1 Å². The van der Waals surface area contributed by atoms with Crippen molar-refractivity contribution in [3.63, 3.8) is 0 Å². The molecule has 1 fully saturated rings. The molecule has 21 heavy (non-hydrogen) atoms. The molecule has 1 aromatic carbocycles. The van der Waals surface area contributed by atoms with Crippen LogP contribution in [-0.4, -0.2) is 41.1 Å². The molecule has 1 aliphatic heterocycles. The number of aryl methyl sites for hydroxylation is 1. The SMILES string of the molecule is CCN(C(=O)N1CCCc2cc(C(=O)O)ccc21)C1CC1. The first-order chi connectivity index (χ1) is 10.1. The zero-order valence-corrected chi connectivity index (χ0v) is 12.2. The molecule has 0 aromatic heterocycles. The van der Waals surface area contributed by atoms with E-state index in [2.05, 4.69) is 0 Å². The first kappa shape index (κ1) is 13.9. The van der Waals surface area contributed by atoms with Gasteiger partial charge in [-0.2, -0.15) is 0 Å². The first-order valence-electron chi connectivity index (χ1n) is 7.56. The Morgan fingerprint density at radius 2 is 2.14 bits per heavy atom. The maximum atomic E-state index is 12.7. The van der Waals surface area contributed by atoms with Crippen LogP contribution in [-0.2, 0) is 6.42 Å². The van der Waals surface area contributed by atoms with E-state index in [9.17, 15) is 9.59 Å². The summed E-state index contributed by atoms with van der Waals surface area (Å²) < 4.78 is 0. The zero-order chi connectivity index (χ0) is 15.0. The van der Waals surface area contributed by atoms with Crippen LogP contribution in [0.25, 0.3) is 0 Å². The molecule has 0 radical (unpaired) electrons. The molecule has 0 saturated heterocycles. The smallest absolute Gasteiger partial charge is 0.335 e. The average molecular weight is 288 g/mol. The number of fused-ring (bicyclic) bond motifs is 1. The highest BCUT2D eigenvalue weighted by molar-refractivity contribution is 5.95. The van der Waals surface area contributed by atoms with Crippen LogP contribution < -0.4 is 4.90 Å². The molecule has 5 nitrogen and oxygen atoms in total. The lowest BCUT2D eigenvalue weighted by Gasteiger charge is -2.34. The van der Waals surface area contributed by atoms with Gasteiger partial charge in [-0.15, -0.1) is 0 Å². The van der Waals surface area contributed by atoms with Gasteiger partial charge in [-0.25, -0.2) is 9.59 Å². The topological polar surface area (TPSA) is 60.9 Å². The molecule has 5 heteroatoms. The van der Waals surface area contributed by atoms with Gasteiger partial charge in [-0.05, 0) is 56.4 Å². The summed E-state index contributed by atoms with van der Waals surface area (Å²) in [5.74, 6) is -0.922. The van der Waals surface area contributed by atoms with Gasteiger partial charge in [0.25, 0.3) is 0 Å². The maximum absolute atomic E-state index is 12.7. The third kappa shape index (κ3) is 2.60. The Bertz CT molecular complexity index is 581. The van der Waals surface area contributed by atoms with Crippen LogP contribution in [0, 0.1) is 0 Å². The van der Waals surface area contributed by atoms with E-state index < -0.39 is 5.97 Å². The molecule has 1 heterocycles. The zero-order valence-electron chi connectivity index (χ0n) is 12.2. The van der Waals surface area contributed by atoms with Gasteiger partial charge in [0.15, 0.2) is 0 Å². The number of hydrogen-bond acceptors (Lipinski definition) is 2. The number of rotatable bonds is 3. The van der Waals surface area contributed by atoms with E-state index in [1.807, 2.05) is 16.7 Å². The van der Waals surface area contributed by atoms with Crippen molar-refractivity contribution in [1.82, 2.24) is 4.90 Å². The normalized spacial score (nSPS) is 17.3. The molecule has 0 bridgehead atoms. The van der Waals surface area contributed by atoms with Crippen LogP contribution in [0.3, 0.4) is 0 Å². The molecule has 1 aliphatic carbocycles. The molecule has 0 spiro atoms. The van der Waals surface area contributed by atoms with E-state index in [1.54, 1.807) is 18.2 Å². The molecule has 1 saturated carbocycles. The maximum Gasteiger partial charge on any atom is 0.335 e. The van der Waals surface area contributed by atoms with Crippen molar-refractivity contribution in [2.45, 2.75) is 38.6 Å². The Hall–Kier alpha value is -2.04. The molecule has 2 aliphatic rings. The Morgan fingerprint density at radius 3 is 2.76 bits per heavy atom. The lowest BCUT2D eigenvalue weighted by atomic mass is 9.99. The number of carboxylic acids is 1. The Morgan fingerprint density at radius 1 is 1.38 bits per heavy atom. The molecule has 0 unspecified atom stereocenters. The summed E-state index contributed by atoms with van der Waals surface area (Å²) in [5, 5.41) is 9.08. The average Bonchev–Trinajstić information content (AvgIpc) is 3.31. The second kappa shape index (κ2) is 5.39. The van der Waals surface area contributed by atoms with Crippen molar-refractivity contribution in [1.29, 1.82) is 0 Å². The fourth-order valence-electron chi connectivity index (χ4n) is 3.02. The molecule has 1 N–H and O–H groups in total. The lowest BCUT2D eigenvalue weighted by Crippen LogP contribution is -2.46. The highest BCUT2D eigenvalue weighted by Gasteiger charge is 2.35. The van der Waals surface area contributed by atoms with Crippen molar-refractivity contribution in [2.75, 3.05) is 18.0 Å². The molecule has 2 amide bonds. The van der Waals surface area contributed by atoms with Crippen LogP contribution in [0.4, 0.5) is 10.5 Å². The van der Waals surface area contributed by atoms with E-state index in [-0.39, 0.29) is 11.6 Å². The number of amides is 2. The van der Waals surface area contributed by atoms with Crippen LogP contribution in [0.5, 0.6) is 0 Å². The van der Waals surface area contributed by atoms with Gasteiger partial charge in [-0.3, -0.25) is 4.90 Å². The van der Waals surface area contributed by atoms with Gasteiger partial charge >= 0.3 is 12.0 Å². The summed E-state index contributed by atoms with van der Waals surface area (Å²) in [6, 6.07) is 5.51. The highest BCUT2D eigenvalue weighted by atomic mass is 16.4. The lowest BCUT2D eigenvalue weighted by molar-refractivity contribution is 0.0696. The number of benzene rings is 1. The Labute approximate surface area is 124 Å². The fourth-order valence-corrected chi connectivity index (χ4v) is 3.02. The minimum absolute atomic E-state index is 0.0593. The summed E-state index contributed by atoms with van der Waals surface area (Å²) >= 11 is 0. The summed E-state index contributed by atoms with van der Waals surface area (Å²) in [6.07, 6.45) is 3.90. The van der Waals surface area contributed by atoms with Gasteiger partial charge in [0.1, 0.15) is 0 Å². The third-order valence-electron chi connectivity index (χ3n) is 4.25. The summed E-state index contributed by atoms with van der Waals surface area (Å²) in [5.41, 5.74) is 2.12. The number of nitrogens with zero attached hydrogens (tertiary/aromatic N) is 2. The second-order valence-electron chi connectivity index (χ2n) is 5.70. The summed E-state index contributed by atoms with van der Waals surface area (Å²) in [6.45, 7) is 3.44. The molecular weight excluding hydrogens is 268 g/mol. The predicted molar refractivity (Wildman–Crippen MR) is 79.9 cm³/mol. The Balaban J connectivity index is 1.89. The van der Waals surface area contributed by atoms with Gasteiger partial charge in [-0.1, -0.05) is 0 Å².